The van der Waals surface area contributed by atoms with E-state index in [1.165, 1.54) is 56.2 Å². The van der Waals surface area contributed by atoms with Crippen molar-refractivity contribution in [3.8, 4) is 0 Å². The summed E-state index contributed by atoms with van der Waals surface area (Å²) in [6.45, 7) is 14.9. The lowest BCUT2D eigenvalue weighted by atomic mass is 9.87. The molecule has 0 spiro atoms. The Labute approximate surface area is 254 Å². The molecule has 0 unspecified atom stereocenters. The Morgan fingerprint density at radius 2 is 1.95 bits per heavy atom. The zero-order valence-corrected chi connectivity index (χ0v) is 26.3. The number of allylic oxidation sites excluding steroid dienone is 17. The SMILES string of the molecule is C=C(C)/C=C\C=C(/C)c1n[nH]cc1C1=C\C=C\C2=C\C(N3CCC(C/C(=C/CCC)CCC)CC3)=C/CC=C=C2/C=C\1. The topological polar surface area (TPSA) is 31.9 Å². The Morgan fingerprint density at radius 3 is 2.71 bits per heavy atom. The van der Waals surface area contributed by atoms with Crippen LogP contribution in [0.3, 0.4) is 0 Å². The Kier molecular flexibility index (Phi) is 11.9. The van der Waals surface area contributed by atoms with Gasteiger partial charge in [0.05, 0.1) is 5.69 Å². The third kappa shape index (κ3) is 8.84. The summed E-state index contributed by atoms with van der Waals surface area (Å²) in [7, 11) is 0. The molecule has 1 aromatic rings. The minimum atomic E-state index is 0.814. The van der Waals surface area contributed by atoms with Crippen LogP contribution in [0.15, 0.2) is 119 Å². The number of nitrogens with zero attached hydrogens (tertiary/aromatic N) is 2. The predicted molar refractivity (Wildman–Crippen MR) is 182 cm³/mol. The number of likely N-dealkylation sites (tertiary alicyclic amines) is 1. The number of aromatic amines is 1. The van der Waals surface area contributed by atoms with Crippen molar-refractivity contribution in [2.45, 2.75) is 79.1 Å². The van der Waals surface area contributed by atoms with Gasteiger partial charge in [0.2, 0.25) is 0 Å². The van der Waals surface area contributed by atoms with Crippen LogP contribution in [-0.2, 0) is 0 Å². The number of fused-ring (bicyclic) bond motifs is 1. The van der Waals surface area contributed by atoms with Crippen LogP contribution in [0.5, 0.6) is 0 Å². The number of nitrogens with one attached hydrogen (secondary N) is 1. The van der Waals surface area contributed by atoms with E-state index in [-0.39, 0.29) is 0 Å². The van der Waals surface area contributed by atoms with Gasteiger partial charge in [0, 0.05) is 36.1 Å². The van der Waals surface area contributed by atoms with Gasteiger partial charge < -0.3 is 4.90 Å². The highest BCUT2D eigenvalue weighted by Crippen LogP contribution is 2.31. The molecule has 1 N–H and O–H groups in total. The smallest absolute Gasteiger partial charge is 0.0955 e. The van der Waals surface area contributed by atoms with Crippen molar-refractivity contribution in [3.05, 3.63) is 131 Å². The van der Waals surface area contributed by atoms with E-state index in [9.17, 15) is 0 Å². The molecule has 1 aromatic heterocycles. The first-order valence-electron chi connectivity index (χ1n) is 15.9. The van der Waals surface area contributed by atoms with Crippen molar-refractivity contribution in [2.24, 2.45) is 5.92 Å². The summed E-state index contributed by atoms with van der Waals surface area (Å²) in [5.41, 5.74) is 14.2. The second kappa shape index (κ2) is 16.0. The fraction of sp³-hybridized carbons (Fsp3) is 0.385. The zero-order valence-electron chi connectivity index (χ0n) is 26.3. The fourth-order valence-corrected chi connectivity index (χ4v) is 5.86. The van der Waals surface area contributed by atoms with Crippen LogP contribution >= 0.6 is 0 Å². The van der Waals surface area contributed by atoms with E-state index in [4.69, 9.17) is 0 Å². The zero-order chi connectivity index (χ0) is 29.7. The summed E-state index contributed by atoms with van der Waals surface area (Å²) in [5.74, 6) is 0.814. The first kappa shape index (κ1) is 31.1. The van der Waals surface area contributed by atoms with Gasteiger partial charge in [0.25, 0.3) is 0 Å². The molecule has 42 heavy (non-hydrogen) atoms. The number of hydrogen-bond acceptors (Lipinski definition) is 2. The quantitative estimate of drug-likeness (QED) is 0.166. The highest BCUT2D eigenvalue weighted by molar-refractivity contribution is 5.83. The molecule has 3 heteroatoms. The largest absolute Gasteiger partial charge is 0.372 e. The number of hydrogen-bond donors (Lipinski definition) is 1. The minimum absolute atomic E-state index is 0.814. The molecule has 2 heterocycles. The van der Waals surface area contributed by atoms with E-state index in [0.717, 1.165) is 59.0 Å². The summed E-state index contributed by atoms with van der Waals surface area (Å²) in [6.07, 6.45) is 38.2. The summed E-state index contributed by atoms with van der Waals surface area (Å²) in [5, 5.41) is 7.62. The van der Waals surface area contributed by atoms with Crippen LogP contribution in [-0.4, -0.2) is 28.2 Å². The van der Waals surface area contributed by atoms with Gasteiger partial charge in [0.1, 0.15) is 0 Å². The molecule has 2 aliphatic carbocycles. The molecule has 1 saturated heterocycles. The normalized spacial score (nSPS) is 23.8. The summed E-state index contributed by atoms with van der Waals surface area (Å²) < 4.78 is 0. The van der Waals surface area contributed by atoms with Gasteiger partial charge in [-0.15, -0.1) is 5.73 Å². The second-order valence-corrected chi connectivity index (χ2v) is 11.8. The Bertz CT molecular complexity index is 1410. The second-order valence-electron chi connectivity index (χ2n) is 11.8. The Balaban J connectivity index is 1.48. The molecule has 0 radical (unpaired) electrons. The summed E-state index contributed by atoms with van der Waals surface area (Å²) in [6, 6.07) is 0. The van der Waals surface area contributed by atoms with Gasteiger partial charge in [-0.3, -0.25) is 5.10 Å². The molecule has 0 bridgehead atoms. The van der Waals surface area contributed by atoms with Crippen molar-refractivity contribution in [1.29, 1.82) is 0 Å². The van der Waals surface area contributed by atoms with Crippen molar-refractivity contribution in [2.75, 3.05) is 13.1 Å². The van der Waals surface area contributed by atoms with Gasteiger partial charge in [-0.1, -0.05) is 99.1 Å². The van der Waals surface area contributed by atoms with Crippen LogP contribution in [0.1, 0.15) is 90.3 Å². The van der Waals surface area contributed by atoms with Crippen LogP contribution in [0.25, 0.3) is 11.1 Å². The molecule has 0 amide bonds. The van der Waals surface area contributed by atoms with Gasteiger partial charge >= 0.3 is 0 Å². The Morgan fingerprint density at radius 1 is 1.12 bits per heavy atom. The van der Waals surface area contributed by atoms with Crippen LogP contribution in [0, 0.1) is 5.92 Å². The molecule has 0 aromatic carbocycles. The maximum Gasteiger partial charge on any atom is 0.0955 e. The first-order valence-corrected chi connectivity index (χ1v) is 15.9. The molecular formula is C39H49N3. The number of rotatable bonds is 11. The first-order chi connectivity index (χ1) is 20.5. The predicted octanol–water partition coefficient (Wildman–Crippen LogP) is 10.4. The van der Waals surface area contributed by atoms with Gasteiger partial charge in [-0.05, 0) is 93.2 Å². The van der Waals surface area contributed by atoms with Crippen molar-refractivity contribution in [1.82, 2.24) is 15.1 Å². The van der Waals surface area contributed by atoms with E-state index in [1.54, 1.807) is 5.57 Å². The number of piperidine rings is 1. The third-order valence-electron chi connectivity index (χ3n) is 8.17. The van der Waals surface area contributed by atoms with Crippen LogP contribution < -0.4 is 0 Å². The van der Waals surface area contributed by atoms with Crippen molar-refractivity contribution < 1.29 is 0 Å². The highest BCUT2D eigenvalue weighted by Gasteiger charge is 2.21. The average Bonchev–Trinajstić information content (AvgIpc) is 3.45. The van der Waals surface area contributed by atoms with E-state index in [0.29, 0.717) is 0 Å². The summed E-state index contributed by atoms with van der Waals surface area (Å²) in [4.78, 5) is 2.60. The lowest BCUT2D eigenvalue weighted by Crippen LogP contribution is -2.33. The van der Waals surface area contributed by atoms with E-state index >= 15 is 0 Å². The monoisotopic (exact) mass is 559 g/mol. The summed E-state index contributed by atoms with van der Waals surface area (Å²) >= 11 is 0. The van der Waals surface area contributed by atoms with E-state index in [2.05, 4.69) is 109 Å². The Hall–Kier alpha value is -3.81. The maximum absolute atomic E-state index is 4.55. The van der Waals surface area contributed by atoms with E-state index < -0.39 is 0 Å². The maximum atomic E-state index is 4.55. The highest BCUT2D eigenvalue weighted by atomic mass is 15.1. The molecule has 3 aliphatic rings. The lowest BCUT2D eigenvalue weighted by molar-refractivity contribution is 0.229. The lowest BCUT2D eigenvalue weighted by Gasteiger charge is -2.35. The van der Waals surface area contributed by atoms with Crippen molar-refractivity contribution in [3.63, 3.8) is 0 Å². The van der Waals surface area contributed by atoms with Crippen LogP contribution in [0.2, 0.25) is 0 Å². The average molecular weight is 560 g/mol. The standard InChI is InChI=1S/C39H49N3/c1-6-8-16-32(13-7-2)27-33-23-25-42(26-24-33)37-20-10-9-17-34-21-22-35(18-12-19-36(34)28-37)38-29-40-41-39(38)31(5)15-11-14-30(3)4/h9,11-12,14-16,18-22,28-29,33H,3,6-8,10,13,23-27H2,1-2,4-5H3,(H,40,41)/b14-11-,19-12+,22-21-,31-15+,32-16+,35-18-,36-28-,37-20+. The number of aromatic nitrogens is 2. The minimum Gasteiger partial charge on any atom is -0.372 e. The van der Waals surface area contributed by atoms with Gasteiger partial charge in [-0.25, -0.2) is 0 Å². The molecule has 1 fully saturated rings. The number of unbranched alkanes of at least 4 members (excludes halogenated alkanes) is 1. The molecule has 0 saturated carbocycles. The van der Waals surface area contributed by atoms with Crippen molar-refractivity contribution >= 4 is 11.1 Å². The third-order valence-corrected chi connectivity index (χ3v) is 8.17. The van der Waals surface area contributed by atoms with Gasteiger partial charge in [0.15, 0.2) is 0 Å². The molecule has 4 rings (SSSR count). The molecular weight excluding hydrogens is 510 g/mol. The van der Waals surface area contributed by atoms with E-state index in [1.807, 2.05) is 25.3 Å². The van der Waals surface area contributed by atoms with Crippen LogP contribution in [0.4, 0.5) is 0 Å². The molecule has 0 atom stereocenters. The number of H-pyrrole nitrogens is 1. The van der Waals surface area contributed by atoms with Gasteiger partial charge in [-0.2, -0.15) is 5.10 Å². The molecule has 3 nitrogen and oxygen atoms in total. The fourth-order valence-electron chi connectivity index (χ4n) is 5.86. The molecule has 1 aliphatic heterocycles. The molecule has 220 valence electrons.